The molecule has 0 saturated carbocycles. The molecule has 1 N–H and O–H groups in total. The normalized spacial score (nSPS) is 12.8. The van der Waals surface area contributed by atoms with Crippen molar-refractivity contribution in [1.82, 2.24) is 4.72 Å². The molecule has 0 spiro atoms. The molecule has 0 aliphatic heterocycles. The monoisotopic (exact) mass is 232 g/mol. The summed E-state index contributed by atoms with van der Waals surface area (Å²) in [5.41, 5.74) is 0. The Bertz CT molecular complexity index is 337. The van der Waals surface area contributed by atoms with Gasteiger partial charge in [0.05, 0.1) is 11.8 Å². The van der Waals surface area contributed by atoms with Crippen LogP contribution < -0.4 is 4.72 Å². The highest BCUT2D eigenvalue weighted by Gasteiger charge is 2.18. The molecule has 0 bridgehead atoms. The minimum absolute atomic E-state index is 0.306. The van der Waals surface area contributed by atoms with Crippen LogP contribution >= 0.6 is 11.8 Å². The van der Waals surface area contributed by atoms with E-state index in [1.165, 1.54) is 18.7 Å². The number of terminal acetylenes is 1. The van der Waals surface area contributed by atoms with E-state index >= 15 is 0 Å². The summed E-state index contributed by atoms with van der Waals surface area (Å²) in [4.78, 5) is 0. The lowest BCUT2D eigenvalue weighted by Crippen LogP contribution is -2.33. The van der Waals surface area contributed by atoms with Crippen molar-refractivity contribution in [2.75, 3.05) is 18.1 Å². The third-order valence-electron chi connectivity index (χ3n) is 1.38. The van der Waals surface area contributed by atoms with Gasteiger partial charge >= 0.3 is 0 Å². The van der Waals surface area contributed by atoms with E-state index in [9.17, 15) is 8.42 Å². The van der Waals surface area contributed by atoms with Gasteiger partial charge in [0.1, 0.15) is 0 Å². The fourth-order valence-corrected chi connectivity index (χ4v) is 1.99. The van der Waals surface area contributed by atoms with Crippen molar-refractivity contribution in [2.45, 2.75) is 12.2 Å². The second kappa shape index (κ2) is 6.72. The van der Waals surface area contributed by atoms with E-state index in [1.54, 1.807) is 6.07 Å². The van der Waals surface area contributed by atoms with Crippen LogP contribution in [0.15, 0.2) is 0 Å². The van der Waals surface area contributed by atoms with Crippen molar-refractivity contribution in [3.8, 4) is 18.4 Å². The Kier molecular flexibility index (Phi) is 6.39. The third-order valence-corrected chi connectivity index (χ3v) is 3.89. The molecule has 0 aliphatic rings. The predicted molar refractivity (Wildman–Crippen MR) is 58.2 cm³/mol. The predicted octanol–water partition coefficient (Wildman–Crippen LogP) is 0.184. The standard InChI is InChI=1S/C8H12N2O2S2/c1-3-5-13-6-4-10-14(11,12)8(2)7-9/h1,8,10H,4-6H2,2H3. The van der Waals surface area contributed by atoms with Gasteiger partial charge in [-0.3, -0.25) is 0 Å². The summed E-state index contributed by atoms with van der Waals surface area (Å²) in [6.07, 6.45) is 5.01. The molecule has 0 aromatic heterocycles. The molecule has 1 unspecified atom stereocenters. The highest BCUT2D eigenvalue weighted by Crippen LogP contribution is 1.99. The Morgan fingerprint density at radius 2 is 2.29 bits per heavy atom. The molecule has 6 heteroatoms. The second-order valence-electron chi connectivity index (χ2n) is 2.47. The van der Waals surface area contributed by atoms with Gasteiger partial charge < -0.3 is 0 Å². The lowest BCUT2D eigenvalue weighted by Gasteiger charge is -2.06. The van der Waals surface area contributed by atoms with Gasteiger partial charge in [0.25, 0.3) is 0 Å². The van der Waals surface area contributed by atoms with Crippen LogP contribution in [0.5, 0.6) is 0 Å². The Labute approximate surface area is 89.1 Å². The van der Waals surface area contributed by atoms with Gasteiger partial charge in [-0.05, 0) is 6.92 Å². The number of nitrogens with one attached hydrogen (secondary N) is 1. The maximum Gasteiger partial charge on any atom is 0.227 e. The largest absolute Gasteiger partial charge is 0.227 e. The lowest BCUT2D eigenvalue weighted by atomic mass is 10.5. The number of nitrogens with zero attached hydrogens (tertiary/aromatic N) is 1. The van der Waals surface area contributed by atoms with E-state index in [0.717, 1.165) is 0 Å². The van der Waals surface area contributed by atoms with Crippen LogP contribution in [0.3, 0.4) is 0 Å². The highest BCUT2D eigenvalue weighted by atomic mass is 32.2. The molecule has 0 aliphatic carbocycles. The van der Waals surface area contributed by atoms with E-state index in [1.807, 2.05) is 0 Å². The number of hydrogen-bond acceptors (Lipinski definition) is 4. The van der Waals surface area contributed by atoms with Gasteiger partial charge in [-0.1, -0.05) is 5.92 Å². The van der Waals surface area contributed by atoms with Crippen molar-refractivity contribution in [3.05, 3.63) is 0 Å². The Morgan fingerprint density at radius 1 is 1.64 bits per heavy atom. The number of nitriles is 1. The molecule has 0 saturated heterocycles. The van der Waals surface area contributed by atoms with E-state index in [4.69, 9.17) is 11.7 Å². The molecule has 0 heterocycles. The minimum atomic E-state index is -3.47. The molecule has 0 radical (unpaired) electrons. The third kappa shape index (κ3) is 5.13. The summed E-state index contributed by atoms with van der Waals surface area (Å²) in [7, 11) is -3.47. The van der Waals surface area contributed by atoms with Crippen molar-refractivity contribution in [3.63, 3.8) is 0 Å². The quantitative estimate of drug-likeness (QED) is 0.524. The Morgan fingerprint density at radius 3 is 2.79 bits per heavy atom. The van der Waals surface area contributed by atoms with Crippen molar-refractivity contribution >= 4 is 21.8 Å². The van der Waals surface area contributed by atoms with E-state index in [2.05, 4.69) is 10.6 Å². The van der Waals surface area contributed by atoms with Crippen LogP contribution in [0.2, 0.25) is 0 Å². The molecule has 4 nitrogen and oxygen atoms in total. The minimum Gasteiger partial charge on any atom is -0.213 e. The zero-order valence-corrected chi connectivity index (χ0v) is 9.49. The van der Waals surface area contributed by atoms with Gasteiger partial charge in [0.15, 0.2) is 5.25 Å². The molecule has 0 rings (SSSR count). The second-order valence-corrected chi connectivity index (χ2v) is 5.66. The lowest BCUT2D eigenvalue weighted by molar-refractivity contribution is 0.580. The smallest absolute Gasteiger partial charge is 0.213 e. The molecule has 14 heavy (non-hydrogen) atoms. The first-order valence-corrected chi connectivity index (χ1v) is 6.64. The molecular formula is C8H12N2O2S2. The van der Waals surface area contributed by atoms with Gasteiger partial charge in [0.2, 0.25) is 10.0 Å². The van der Waals surface area contributed by atoms with Crippen LogP contribution in [0.4, 0.5) is 0 Å². The molecule has 1 atom stereocenters. The zero-order valence-electron chi connectivity index (χ0n) is 7.86. The maximum absolute atomic E-state index is 11.2. The van der Waals surface area contributed by atoms with Crippen LogP contribution in [0.25, 0.3) is 0 Å². The average Bonchev–Trinajstić information content (AvgIpc) is 2.16. The van der Waals surface area contributed by atoms with Crippen LogP contribution in [0, 0.1) is 23.7 Å². The summed E-state index contributed by atoms with van der Waals surface area (Å²) in [5.74, 6) is 3.61. The first-order valence-electron chi connectivity index (χ1n) is 3.94. The SMILES string of the molecule is C#CCSCCNS(=O)(=O)C(C)C#N. The van der Waals surface area contributed by atoms with Gasteiger partial charge in [-0.2, -0.15) is 5.26 Å². The van der Waals surface area contributed by atoms with Crippen molar-refractivity contribution in [1.29, 1.82) is 5.26 Å². The number of thioether (sulfide) groups is 1. The van der Waals surface area contributed by atoms with Gasteiger partial charge in [-0.25, -0.2) is 13.1 Å². The molecular weight excluding hydrogens is 220 g/mol. The summed E-state index contributed by atoms with van der Waals surface area (Å²) >= 11 is 1.47. The summed E-state index contributed by atoms with van der Waals surface area (Å²) < 4.78 is 24.8. The van der Waals surface area contributed by atoms with Crippen LogP contribution in [-0.4, -0.2) is 31.7 Å². The summed E-state index contributed by atoms with van der Waals surface area (Å²) in [6.45, 7) is 1.65. The average molecular weight is 232 g/mol. The fraction of sp³-hybridized carbons (Fsp3) is 0.625. The fourth-order valence-electron chi connectivity index (χ4n) is 0.582. The first kappa shape index (κ1) is 13.3. The summed E-state index contributed by atoms with van der Waals surface area (Å²) in [5, 5.41) is 7.40. The summed E-state index contributed by atoms with van der Waals surface area (Å²) in [6, 6.07) is 1.67. The van der Waals surface area contributed by atoms with E-state index in [-0.39, 0.29) is 0 Å². The van der Waals surface area contributed by atoms with Crippen LogP contribution in [-0.2, 0) is 10.0 Å². The van der Waals surface area contributed by atoms with Crippen molar-refractivity contribution in [2.24, 2.45) is 0 Å². The highest BCUT2D eigenvalue weighted by molar-refractivity contribution is 7.99. The maximum atomic E-state index is 11.2. The number of hydrogen-bond donors (Lipinski definition) is 1. The van der Waals surface area contributed by atoms with E-state index in [0.29, 0.717) is 18.1 Å². The molecule has 0 aromatic rings. The van der Waals surface area contributed by atoms with Gasteiger partial charge in [0, 0.05) is 12.3 Å². The Hall–Kier alpha value is -0.690. The van der Waals surface area contributed by atoms with Gasteiger partial charge in [-0.15, -0.1) is 18.2 Å². The van der Waals surface area contributed by atoms with E-state index < -0.39 is 15.3 Å². The number of sulfonamides is 1. The molecule has 78 valence electrons. The molecule has 0 amide bonds. The topological polar surface area (TPSA) is 70.0 Å². The van der Waals surface area contributed by atoms with Crippen molar-refractivity contribution < 1.29 is 8.42 Å². The first-order chi connectivity index (χ1) is 6.54. The molecule has 0 fully saturated rings. The Balaban J connectivity index is 3.81. The zero-order chi connectivity index (χ0) is 11.0. The van der Waals surface area contributed by atoms with Crippen LogP contribution in [0.1, 0.15) is 6.92 Å². The molecule has 0 aromatic carbocycles. The number of rotatable bonds is 6.